The molecule has 0 bridgehead atoms. The second kappa shape index (κ2) is 6.06. The van der Waals surface area contributed by atoms with Crippen molar-refractivity contribution in [3.8, 4) is 0 Å². The van der Waals surface area contributed by atoms with Crippen molar-refractivity contribution in [3.63, 3.8) is 0 Å². The van der Waals surface area contributed by atoms with Crippen LogP contribution in [0.25, 0.3) is 0 Å². The number of aromatic nitrogens is 1. The Morgan fingerprint density at radius 3 is 2.70 bits per heavy atom. The van der Waals surface area contributed by atoms with Gasteiger partial charge >= 0.3 is 5.97 Å². The molecule has 0 saturated carbocycles. The van der Waals surface area contributed by atoms with Gasteiger partial charge in [0.1, 0.15) is 6.61 Å². The van der Waals surface area contributed by atoms with Gasteiger partial charge in [-0.3, -0.25) is 4.98 Å². The third kappa shape index (κ3) is 3.26. The molecule has 1 aromatic carbocycles. The topological polar surface area (TPSA) is 68.5 Å². The summed E-state index contributed by atoms with van der Waals surface area (Å²) < 4.78 is 5.20. The first-order valence-electron chi connectivity index (χ1n) is 6.22. The molecule has 20 heavy (non-hydrogen) atoms. The lowest BCUT2D eigenvalue weighted by atomic mass is 10.1. The monoisotopic (exact) mass is 271 g/mol. The molecule has 1 aromatic heterocycles. The number of ether oxygens (including phenoxy) is 1. The quantitative estimate of drug-likeness (QED) is 0.681. The molecule has 0 fully saturated rings. The van der Waals surface area contributed by atoms with E-state index in [1.807, 2.05) is 31.1 Å². The van der Waals surface area contributed by atoms with Gasteiger partial charge in [0.25, 0.3) is 0 Å². The van der Waals surface area contributed by atoms with Crippen molar-refractivity contribution in [1.29, 1.82) is 0 Å². The summed E-state index contributed by atoms with van der Waals surface area (Å²) in [6, 6.07) is 10.6. The summed E-state index contributed by atoms with van der Waals surface area (Å²) in [5.74, 6) is -0.410. The number of esters is 1. The third-order valence-corrected chi connectivity index (χ3v) is 2.82. The van der Waals surface area contributed by atoms with E-state index in [1.165, 1.54) is 0 Å². The Kier molecular flexibility index (Phi) is 4.20. The van der Waals surface area contributed by atoms with Gasteiger partial charge in [-0.25, -0.2) is 4.79 Å². The molecule has 5 heteroatoms. The third-order valence-electron chi connectivity index (χ3n) is 2.82. The summed E-state index contributed by atoms with van der Waals surface area (Å²) in [6.45, 7) is 0.148. The van der Waals surface area contributed by atoms with E-state index < -0.39 is 5.97 Å². The second-order valence-corrected chi connectivity index (χ2v) is 4.57. The maximum absolute atomic E-state index is 11.9. The van der Waals surface area contributed by atoms with Gasteiger partial charge in [0.2, 0.25) is 0 Å². The van der Waals surface area contributed by atoms with E-state index >= 15 is 0 Å². The standard InChI is InChI=1S/C15H17N3O2/c1-18(2)14-7-6-11(9-13(14)16)15(19)20-10-12-5-3-4-8-17-12/h3-9H,10,16H2,1-2H3. The molecule has 2 rings (SSSR count). The first-order valence-corrected chi connectivity index (χ1v) is 6.22. The summed E-state index contributed by atoms with van der Waals surface area (Å²) in [5, 5.41) is 0. The number of rotatable bonds is 4. The predicted octanol–water partition coefficient (Wildman–Crippen LogP) is 2.09. The summed E-state index contributed by atoms with van der Waals surface area (Å²) >= 11 is 0. The molecule has 104 valence electrons. The fourth-order valence-electron chi connectivity index (χ4n) is 1.80. The minimum absolute atomic E-state index is 0.148. The number of anilines is 2. The summed E-state index contributed by atoms with van der Waals surface area (Å²) in [7, 11) is 3.79. The number of hydrogen-bond acceptors (Lipinski definition) is 5. The molecule has 0 aliphatic carbocycles. The van der Waals surface area contributed by atoms with Crippen LogP contribution in [0.2, 0.25) is 0 Å². The fraction of sp³-hybridized carbons (Fsp3) is 0.200. The molecule has 0 amide bonds. The van der Waals surface area contributed by atoms with Gasteiger partial charge in [0.05, 0.1) is 22.6 Å². The molecule has 0 spiro atoms. The minimum atomic E-state index is -0.410. The molecule has 0 aliphatic heterocycles. The number of hydrogen-bond donors (Lipinski definition) is 1. The number of benzene rings is 1. The maximum Gasteiger partial charge on any atom is 0.338 e. The van der Waals surface area contributed by atoms with Crippen molar-refractivity contribution >= 4 is 17.3 Å². The van der Waals surface area contributed by atoms with Crippen molar-refractivity contribution in [2.24, 2.45) is 0 Å². The maximum atomic E-state index is 11.9. The molecule has 0 aliphatic rings. The highest BCUT2D eigenvalue weighted by molar-refractivity contribution is 5.92. The van der Waals surface area contributed by atoms with E-state index in [-0.39, 0.29) is 6.61 Å². The van der Waals surface area contributed by atoms with E-state index in [4.69, 9.17) is 10.5 Å². The molecule has 0 radical (unpaired) electrons. The molecule has 0 atom stereocenters. The summed E-state index contributed by atoms with van der Waals surface area (Å²) in [6.07, 6.45) is 1.66. The van der Waals surface area contributed by atoms with Gasteiger partial charge in [-0.1, -0.05) is 6.07 Å². The number of nitrogens with two attached hydrogens (primary N) is 1. The first kappa shape index (κ1) is 13.9. The van der Waals surface area contributed by atoms with Gasteiger partial charge in [0.15, 0.2) is 0 Å². The van der Waals surface area contributed by atoms with Gasteiger partial charge in [-0.15, -0.1) is 0 Å². The van der Waals surface area contributed by atoms with E-state index in [0.717, 1.165) is 5.69 Å². The second-order valence-electron chi connectivity index (χ2n) is 4.57. The van der Waals surface area contributed by atoms with Crippen LogP contribution in [0.3, 0.4) is 0 Å². The Hall–Kier alpha value is -2.56. The zero-order valence-corrected chi connectivity index (χ0v) is 11.5. The van der Waals surface area contributed by atoms with Crippen LogP contribution < -0.4 is 10.6 Å². The Bertz CT molecular complexity index is 597. The predicted molar refractivity (Wildman–Crippen MR) is 78.5 cm³/mol. The normalized spacial score (nSPS) is 10.1. The molecular formula is C15H17N3O2. The lowest BCUT2D eigenvalue weighted by Crippen LogP contribution is -2.12. The van der Waals surface area contributed by atoms with Gasteiger partial charge < -0.3 is 15.4 Å². The molecule has 0 unspecified atom stereocenters. The van der Waals surface area contributed by atoms with Crippen molar-refractivity contribution in [2.45, 2.75) is 6.61 Å². The van der Waals surface area contributed by atoms with Crippen LogP contribution in [-0.2, 0) is 11.3 Å². The van der Waals surface area contributed by atoms with E-state index in [0.29, 0.717) is 16.9 Å². The summed E-state index contributed by atoms with van der Waals surface area (Å²) in [5.41, 5.74) is 8.46. The van der Waals surface area contributed by atoms with Crippen molar-refractivity contribution < 1.29 is 9.53 Å². The lowest BCUT2D eigenvalue weighted by Gasteiger charge is -2.15. The minimum Gasteiger partial charge on any atom is -0.456 e. The van der Waals surface area contributed by atoms with Gasteiger partial charge in [0, 0.05) is 20.3 Å². The number of nitrogen functional groups attached to an aromatic ring is 1. The van der Waals surface area contributed by atoms with Crippen LogP contribution >= 0.6 is 0 Å². The lowest BCUT2D eigenvalue weighted by molar-refractivity contribution is 0.0468. The van der Waals surface area contributed by atoms with Gasteiger partial charge in [-0.2, -0.15) is 0 Å². The van der Waals surface area contributed by atoms with Crippen molar-refractivity contribution in [2.75, 3.05) is 24.7 Å². The van der Waals surface area contributed by atoms with Crippen LogP contribution in [0.1, 0.15) is 16.1 Å². The molecular weight excluding hydrogens is 254 g/mol. The number of carbonyl (C=O) groups excluding carboxylic acids is 1. The highest BCUT2D eigenvalue weighted by Crippen LogP contribution is 2.22. The van der Waals surface area contributed by atoms with Crippen LogP contribution in [0.15, 0.2) is 42.6 Å². The van der Waals surface area contributed by atoms with E-state index in [2.05, 4.69) is 4.98 Å². The molecule has 0 saturated heterocycles. The van der Waals surface area contributed by atoms with Crippen molar-refractivity contribution in [1.82, 2.24) is 4.98 Å². The Balaban J connectivity index is 2.04. The van der Waals surface area contributed by atoms with Gasteiger partial charge in [-0.05, 0) is 30.3 Å². The average Bonchev–Trinajstić information content (AvgIpc) is 2.45. The zero-order chi connectivity index (χ0) is 14.5. The number of pyridine rings is 1. The Morgan fingerprint density at radius 1 is 1.30 bits per heavy atom. The van der Waals surface area contributed by atoms with Crippen molar-refractivity contribution in [3.05, 3.63) is 53.9 Å². The SMILES string of the molecule is CN(C)c1ccc(C(=O)OCc2ccccn2)cc1N. The average molecular weight is 271 g/mol. The number of nitrogens with zero attached hydrogens (tertiary/aromatic N) is 2. The Labute approximate surface area is 118 Å². The van der Waals surface area contributed by atoms with Crippen LogP contribution in [0.4, 0.5) is 11.4 Å². The van der Waals surface area contributed by atoms with Crippen LogP contribution in [0.5, 0.6) is 0 Å². The number of carbonyl (C=O) groups is 1. The summed E-state index contributed by atoms with van der Waals surface area (Å²) in [4.78, 5) is 17.9. The largest absolute Gasteiger partial charge is 0.456 e. The molecule has 5 nitrogen and oxygen atoms in total. The van der Waals surface area contributed by atoms with E-state index in [1.54, 1.807) is 30.5 Å². The molecule has 2 aromatic rings. The van der Waals surface area contributed by atoms with Crippen LogP contribution in [0, 0.1) is 0 Å². The van der Waals surface area contributed by atoms with E-state index in [9.17, 15) is 4.79 Å². The van der Waals surface area contributed by atoms with Crippen LogP contribution in [-0.4, -0.2) is 25.0 Å². The highest BCUT2D eigenvalue weighted by Gasteiger charge is 2.10. The smallest absolute Gasteiger partial charge is 0.338 e. The Morgan fingerprint density at radius 2 is 2.10 bits per heavy atom. The highest BCUT2D eigenvalue weighted by atomic mass is 16.5. The first-order chi connectivity index (χ1) is 9.58. The molecule has 2 N–H and O–H groups in total. The fourth-order valence-corrected chi connectivity index (χ4v) is 1.80. The molecule has 1 heterocycles. The zero-order valence-electron chi connectivity index (χ0n) is 11.5.